The predicted octanol–water partition coefficient (Wildman–Crippen LogP) is 2.45. The third-order valence-electron chi connectivity index (χ3n) is 2.04. The van der Waals surface area contributed by atoms with E-state index in [0.29, 0.717) is 18.0 Å². The van der Waals surface area contributed by atoms with Crippen LogP contribution in [0.2, 0.25) is 5.02 Å². The summed E-state index contributed by atoms with van der Waals surface area (Å²) in [5.74, 6) is 0.200. The molecule has 0 aliphatic carbocycles. The summed E-state index contributed by atoms with van der Waals surface area (Å²) in [5.41, 5.74) is 0.978. The highest BCUT2D eigenvalue weighted by Crippen LogP contribution is 2.11. The Morgan fingerprint density at radius 3 is 2.93 bits per heavy atom. The molecule has 0 aliphatic heterocycles. The molecule has 1 aromatic carbocycles. The van der Waals surface area contributed by atoms with Crippen molar-refractivity contribution in [3.05, 3.63) is 34.9 Å². The van der Waals surface area contributed by atoms with Crippen LogP contribution in [-0.2, 0) is 11.2 Å². The molecule has 0 bridgehead atoms. The summed E-state index contributed by atoms with van der Waals surface area (Å²) in [6.45, 7) is 3.41. The minimum atomic E-state index is 0.200. The lowest BCUT2D eigenvalue weighted by Crippen LogP contribution is -2.24. The molecule has 0 saturated heterocycles. The molecule has 1 rings (SSSR count). The molecule has 15 heavy (non-hydrogen) atoms. The van der Waals surface area contributed by atoms with E-state index in [2.05, 4.69) is 12.2 Å². The number of carbonyl (C=O) groups is 1. The zero-order valence-electron chi connectivity index (χ0n) is 8.92. The van der Waals surface area contributed by atoms with Crippen LogP contribution in [0, 0.1) is 0 Å². The Morgan fingerprint density at radius 1 is 1.47 bits per heavy atom. The maximum absolute atomic E-state index is 11.5. The second-order valence-electron chi connectivity index (χ2n) is 3.52. The third-order valence-corrected chi connectivity index (χ3v) is 2.27. The lowest BCUT2D eigenvalue weighted by atomic mass is 10.1. The van der Waals surface area contributed by atoms with Gasteiger partial charge in [0, 0.05) is 11.4 Å². The fourth-order valence-electron chi connectivity index (χ4n) is 1.34. The molecule has 82 valence electrons. The van der Waals surface area contributed by atoms with Crippen molar-refractivity contribution >= 4 is 17.4 Å². The first-order valence-electron chi connectivity index (χ1n) is 5.19. The molecule has 0 fully saturated rings. The van der Waals surface area contributed by atoms with Gasteiger partial charge in [0.05, 0.1) is 6.54 Å². The second kappa shape index (κ2) is 6.59. The van der Waals surface area contributed by atoms with E-state index in [1.165, 1.54) is 0 Å². The SMILES string of the molecule is CCCNCC(=O)Cc1cccc(Cl)c1. The fourth-order valence-corrected chi connectivity index (χ4v) is 1.55. The van der Waals surface area contributed by atoms with E-state index in [1.807, 2.05) is 24.3 Å². The number of hydrogen-bond donors (Lipinski definition) is 1. The van der Waals surface area contributed by atoms with Gasteiger partial charge in [-0.2, -0.15) is 0 Å². The van der Waals surface area contributed by atoms with Gasteiger partial charge >= 0.3 is 0 Å². The number of halogens is 1. The number of Topliss-reactive ketones (excluding diaryl/α,β-unsaturated/α-hetero) is 1. The molecule has 0 radical (unpaired) electrons. The average Bonchev–Trinajstić information content (AvgIpc) is 2.18. The average molecular weight is 226 g/mol. The molecule has 1 N–H and O–H groups in total. The van der Waals surface area contributed by atoms with Crippen LogP contribution in [0.15, 0.2) is 24.3 Å². The zero-order valence-corrected chi connectivity index (χ0v) is 9.68. The fraction of sp³-hybridized carbons (Fsp3) is 0.417. The molecule has 0 heterocycles. The first kappa shape index (κ1) is 12.2. The summed E-state index contributed by atoms with van der Waals surface area (Å²) in [6.07, 6.45) is 1.50. The predicted molar refractivity (Wildman–Crippen MR) is 63.3 cm³/mol. The molecular formula is C12H16ClNO. The van der Waals surface area contributed by atoms with E-state index in [9.17, 15) is 4.79 Å². The van der Waals surface area contributed by atoms with Gasteiger partial charge in [-0.3, -0.25) is 4.79 Å². The lowest BCUT2D eigenvalue weighted by Gasteiger charge is -2.03. The number of rotatable bonds is 6. The van der Waals surface area contributed by atoms with Crippen LogP contribution in [0.5, 0.6) is 0 Å². The lowest BCUT2D eigenvalue weighted by molar-refractivity contribution is -0.117. The van der Waals surface area contributed by atoms with Gasteiger partial charge in [-0.05, 0) is 30.7 Å². The van der Waals surface area contributed by atoms with E-state index in [0.717, 1.165) is 18.5 Å². The largest absolute Gasteiger partial charge is 0.310 e. The van der Waals surface area contributed by atoms with Crippen molar-refractivity contribution in [2.24, 2.45) is 0 Å². The van der Waals surface area contributed by atoms with Gasteiger partial charge in [-0.25, -0.2) is 0 Å². The van der Waals surface area contributed by atoms with Crippen LogP contribution in [0.3, 0.4) is 0 Å². The van der Waals surface area contributed by atoms with Crippen molar-refractivity contribution in [1.29, 1.82) is 0 Å². The maximum Gasteiger partial charge on any atom is 0.150 e. The monoisotopic (exact) mass is 225 g/mol. The van der Waals surface area contributed by atoms with Crippen LogP contribution in [0.25, 0.3) is 0 Å². The summed E-state index contributed by atoms with van der Waals surface area (Å²) in [6, 6.07) is 7.43. The van der Waals surface area contributed by atoms with E-state index < -0.39 is 0 Å². The van der Waals surface area contributed by atoms with Crippen LogP contribution >= 0.6 is 11.6 Å². The van der Waals surface area contributed by atoms with Crippen LogP contribution in [-0.4, -0.2) is 18.9 Å². The maximum atomic E-state index is 11.5. The van der Waals surface area contributed by atoms with Gasteiger partial charge in [0.2, 0.25) is 0 Å². The van der Waals surface area contributed by atoms with Crippen LogP contribution in [0.4, 0.5) is 0 Å². The van der Waals surface area contributed by atoms with Gasteiger partial charge in [-0.1, -0.05) is 30.7 Å². The molecule has 1 aromatic rings. The van der Waals surface area contributed by atoms with Crippen molar-refractivity contribution in [3.8, 4) is 0 Å². The molecule has 0 atom stereocenters. The summed E-state index contributed by atoms with van der Waals surface area (Å²) in [5, 5.41) is 3.77. The van der Waals surface area contributed by atoms with Crippen LogP contribution in [0.1, 0.15) is 18.9 Å². The number of hydrogen-bond acceptors (Lipinski definition) is 2. The summed E-state index contributed by atoms with van der Waals surface area (Å²) < 4.78 is 0. The minimum Gasteiger partial charge on any atom is -0.310 e. The molecule has 0 saturated carbocycles. The Bertz CT molecular complexity index is 325. The number of carbonyl (C=O) groups excluding carboxylic acids is 1. The van der Waals surface area contributed by atoms with Crippen molar-refractivity contribution < 1.29 is 4.79 Å². The summed E-state index contributed by atoms with van der Waals surface area (Å²) >= 11 is 5.83. The van der Waals surface area contributed by atoms with Crippen molar-refractivity contribution in [2.75, 3.05) is 13.1 Å². The topological polar surface area (TPSA) is 29.1 Å². The molecule has 3 heteroatoms. The molecule has 0 aromatic heterocycles. The standard InChI is InChI=1S/C12H16ClNO/c1-2-6-14-9-12(15)8-10-4-3-5-11(13)7-10/h3-5,7,14H,2,6,8-9H2,1H3. The van der Waals surface area contributed by atoms with Gasteiger partial charge in [0.1, 0.15) is 0 Å². The zero-order chi connectivity index (χ0) is 11.1. The highest BCUT2D eigenvalue weighted by Gasteiger charge is 2.03. The number of ketones is 1. The molecule has 2 nitrogen and oxygen atoms in total. The van der Waals surface area contributed by atoms with Crippen molar-refractivity contribution in [2.45, 2.75) is 19.8 Å². The van der Waals surface area contributed by atoms with Crippen LogP contribution < -0.4 is 5.32 Å². The Morgan fingerprint density at radius 2 is 2.27 bits per heavy atom. The quantitative estimate of drug-likeness (QED) is 0.754. The van der Waals surface area contributed by atoms with Crippen molar-refractivity contribution in [1.82, 2.24) is 5.32 Å². The van der Waals surface area contributed by atoms with E-state index in [1.54, 1.807) is 0 Å². The number of nitrogens with one attached hydrogen (secondary N) is 1. The Kier molecular flexibility index (Phi) is 5.37. The first-order chi connectivity index (χ1) is 7.22. The molecule has 0 amide bonds. The highest BCUT2D eigenvalue weighted by molar-refractivity contribution is 6.30. The smallest absolute Gasteiger partial charge is 0.150 e. The third kappa shape index (κ3) is 4.96. The van der Waals surface area contributed by atoms with Gasteiger partial charge < -0.3 is 5.32 Å². The molecule has 0 aliphatic rings. The Hall–Kier alpha value is -0.860. The molecule has 0 spiro atoms. The summed E-state index contributed by atoms with van der Waals surface area (Å²) in [7, 11) is 0. The van der Waals surface area contributed by atoms with Gasteiger partial charge in [0.15, 0.2) is 5.78 Å². The van der Waals surface area contributed by atoms with Gasteiger partial charge in [0.25, 0.3) is 0 Å². The molecular weight excluding hydrogens is 210 g/mol. The second-order valence-corrected chi connectivity index (χ2v) is 3.96. The minimum absolute atomic E-state index is 0.200. The van der Waals surface area contributed by atoms with E-state index in [-0.39, 0.29) is 5.78 Å². The van der Waals surface area contributed by atoms with Gasteiger partial charge in [-0.15, -0.1) is 0 Å². The summed E-state index contributed by atoms with van der Waals surface area (Å²) in [4.78, 5) is 11.5. The normalized spacial score (nSPS) is 10.3. The van der Waals surface area contributed by atoms with E-state index in [4.69, 9.17) is 11.6 Å². The first-order valence-corrected chi connectivity index (χ1v) is 5.57. The number of benzene rings is 1. The van der Waals surface area contributed by atoms with E-state index >= 15 is 0 Å². The Balaban J connectivity index is 2.37. The Labute approximate surface area is 95.6 Å². The highest BCUT2D eigenvalue weighted by atomic mass is 35.5. The van der Waals surface area contributed by atoms with Crippen molar-refractivity contribution in [3.63, 3.8) is 0 Å². The molecule has 0 unspecified atom stereocenters.